The highest BCUT2D eigenvalue weighted by Gasteiger charge is 2.25. The Hall–Kier alpha value is -0.970. The summed E-state index contributed by atoms with van der Waals surface area (Å²) in [5.41, 5.74) is 0. The normalized spacial score (nSPS) is 24.4. The molecule has 0 bridgehead atoms. The van der Waals surface area contributed by atoms with Gasteiger partial charge in [0.25, 0.3) is 0 Å². The van der Waals surface area contributed by atoms with Crippen LogP contribution in [0.2, 0.25) is 0 Å². The molecule has 5 nitrogen and oxygen atoms in total. The molecule has 78 valence electrons. The van der Waals surface area contributed by atoms with Crippen LogP contribution >= 0.6 is 0 Å². The number of aromatic nitrogens is 4. The number of tetrazole rings is 1. The molecule has 1 aromatic heterocycles. The molecule has 1 aromatic rings. The fourth-order valence-corrected chi connectivity index (χ4v) is 2.03. The van der Waals surface area contributed by atoms with E-state index in [1.807, 2.05) is 0 Å². The highest BCUT2D eigenvalue weighted by molar-refractivity contribution is 4.95. The molecule has 1 atom stereocenters. The Morgan fingerprint density at radius 2 is 2.36 bits per heavy atom. The number of nitrogens with zero attached hydrogens (tertiary/aromatic N) is 4. The summed E-state index contributed by atoms with van der Waals surface area (Å²) in [6.07, 6.45) is 2.42. The van der Waals surface area contributed by atoms with E-state index >= 15 is 0 Å². The number of rotatable bonds is 2. The van der Waals surface area contributed by atoms with Gasteiger partial charge in [0.1, 0.15) is 0 Å². The van der Waals surface area contributed by atoms with Gasteiger partial charge in [-0.3, -0.25) is 0 Å². The molecule has 0 amide bonds. The first-order valence-corrected chi connectivity index (χ1v) is 5.24. The summed E-state index contributed by atoms with van der Waals surface area (Å²) in [7, 11) is 0. The van der Waals surface area contributed by atoms with Crippen LogP contribution in [0.5, 0.6) is 0 Å². The number of hydrogen-bond donors (Lipinski definition) is 1. The third kappa shape index (κ3) is 1.92. The van der Waals surface area contributed by atoms with Gasteiger partial charge in [-0.05, 0) is 33.2 Å². The first-order chi connectivity index (χ1) is 6.77. The molecule has 0 spiro atoms. The van der Waals surface area contributed by atoms with Gasteiger partial charge in [-0.1, -0.05) is 5.21 Å². The van der Waals surface area contributed by atoms with E-state index in [1.165, 1.54) is 19.4 Å². The molecule has 0 aromatic carbocycles. The molecule has 0 radical (unpaired) electrons. The molecule has 1 saturated heterocycles. The number of likely N-dealkylation sites (tertiary alicyclic amines) is 1. The minimum atomic E-state index is 0.463. The molecular formula is C9H17N5. The summed E-state index contributed by atoms with van der Waals surface area (Å²) in [6, 6.07) is 0.615. The zero-order valence-electron chi connectivity index (χ0n) is 8.77. The standard InChI is InChI=1S/C9H17N5/c1-7(2)14-5-3-4-8(6-14)9-10-12-13-11-9/h7-8H,3-6H2,1-2H3,(H,10,11,12,13). The second kappa shape index (κ2) is 4.04. The van der Waals surface area contributed by atoms with Gasteiger partial charge in [0.05, 0.1) is 0 Å². The van der Waals surface area contributed by atoms with Gasteiger partial charge in [0.15, 0.2) is 5.82 Å². The summed E-state index contributed by atoms with van der Waals surface area (Å²) >= 11 is 0. The molecule has 1 unspecified atom stereocenters. The number of piperidine rings is 1. The van der Waals surface area contributed by atoms with E-state index in [2.05, 4.69) is 39.4 Å². The Morgan fingerprint density at radius 1 is 1.50 bits per heavy atom. The van der Waals surface area contributed by atoms with E-state index in [0.717, 1.165) is 12.4 Å². The zero-order chi connectivity index (χ0) is 9.97. The topological polar surface area (TPSA) is 57.7 Å². The van der Waals surface area contributed by atoms with Crippen molar-refractivity contribution in [2.45, 2.75) is 38.6 Å². The van der Waals surface area contributed by atoms with Gasteiger partial charge >= 0.3 is 0 Å². The molecule has 1 aliphatic heterocycles. The first kappa shape index (κ1) is 9.58. The summed E-state index contributed by atoms with van der Waals surface area (Å²) in [4.78, 5) is 2.48. The zero-order valence-corrected chi connectivity index (χ0v) is 8.77. The lowest BCUT2D eigenvalue weighted by Gasteiger charge is -2.34. The minimum absolute atomic E-state index is 0.463. The quantitative estimate of drug-likeness (QED) is 0.758. The summed E-state index contributed by atoms with van der Waals surface area (Å²) < 4.78 is 0. The Balaban J connectivity index is 2.01. The molecular weight excluding hydrogens is 178 g/mol. The van der Waals surface area contributed by atoms with Crippen LogP contribution in [0.4, 0.5) is 0 Å². The number of hydrogen-bond acceptors (Lipinski definition) is 4. The SMILES string of the molecule is CC(C)N1CCCC(c2nn[nH]n2)C1. The van der Waals surface area contributed by atoms with Crippen molar-refractivity contribution in [2.75, 3.05) is 13.1 Å². The van der Waals surface area contributed by atoms with Gasteiger partial charge in [0.2, 0.25) is 0 Å². The predicted octanol–water partition coefficient (Wildman–Crippen LogP) is 0.787. The van der Waals surface area contributed by atoms with Crippen molar-refractivity contribution in [3.8, 4) is 0 Å². The molecule has 0 aliphatic carbocycles. The van der Waals surface area contributed by atoms with Crippen LogP contribution in [0.15, 0.2) is 0 Å². The van der Waals surface area contributed by atoms with Crippen LogP contribution in [0.25, 0.3) is 0 Å². The molecule has 1 N–H and O–H groups in total. The molecule has 1 aliphatic rings. The van der Waals surface area contributed by atoms with Crippen molar-refractivity contribution < 1.29 is 0 Å². The molecule has 0 saturated carbocycles. The lowest BCUT2D eigenvalue weighted by Crippen LogP contribution is -2.39. The Labute approximate surface area is 83.9 Å². The van der Waals surface area contributed by atoms with Gasteiger partial charge in [-0.2, -0.15) is 5.21 Å². The third-order valence-electron chi connectivity index (χ3n) is 2.91. The lowest BCUT2D eigenvalue weighted by atomic mass is 9.96. The second-order valence-corrected chi connectivity index (χ2v) is 4.20. The molecule has 2 rings (SSSR count). The van der Waals surface area contributed by atoms with Crippen LogP contribution in [-0.4, -0.2) is 44.7 Å². The molecule has 2 heterocycles. The summed E-state index contributed by atoms with van der Waals surface area (Å²) in [5.74, 6) is 1.33. The Kier molecular flexibility index (Phi) is 2.77. The van der Waals surface area contributed by atoms with Gasteiger partial charge in [0, 0.05) is 18.5 Å². The largest absolute Gasteiger partial charge is 0.300 e. The fraction of sp³-hybridized carbons (Fsp3) is 0.889. The number of nitrogens with one attached hydrogen (secondary N) is 1. The number of aromatic amines is 1. The van der Waals surface area contributed by atoms with Gasteiger partial charge in [-0.25, -0.2) is 0 Å². The summed E-state index contributed by atoms with van der Waals surface area (Å²) in [6.45, 7) is 6.74. The number of H-pyrrole nitrogens is 1. The third-order valence-corrected chi connectivity index (χ3v) is 2.91. The maximum absolute atomic E-state index is 4.06. The molecule has 1 fully saturated rings. The fourth-order valence-electron chi connectivity index (χ4n) is 2.03. The van der Waals surface area contributed by atoms with Crippen molar-refractivity contribution in [1.29, 1.82) is 0 Å². The average molecular weight is 195 g/mol. The minimum Gasteiger partial charge on any atom is -0.300 e. The van der Waals surface area contributed by atoms with Crippen molar-refractivity contribution in [3.63, 3.8) is 0 Å². The van der Waals surface area contributed by atoms with E-state index in [0.29, 0.717) is 12.0 Å². The Bertz CT molecular complexity index is 269. The monoisotopic (exact) mass is 195 g/mol. The van der Waals surface area contributed by atoms with Crippen LogP contribution in [0, 0.1) is 0 Å². The van der Waals surface area contributed by atoms with Gasteiger partial charge in [-0.15, -0.1) is 10.2 Å². The van der Waals surface area contributed by atoms with Crippen molar-refractivity contribution in [1.82, 2.24) is 25.5 Å². The lowest BCUT2D eigenvalue weighted by molar-refractivity contribution is 0.165. The second-order valence-electron chi connectivity index (χ2n) is 4.20. The average Bonchev–Trinajstić information content (AvgIpc) is 2.71. The van der Waals surface area contributed by atoms with Crippen LogP contribution in [0.1, 0.15) is 38.4 Å². The van der Waals surface area contributed by atoms with E-state index in [1.54, 1.807) is 0 Å². The van der Waals surface area contributed by atoms with E-state index in [-0.39, 0.29) is 0 Å². The molecule has 5 heteroatoms. The van der Waals surface area contributed by atoms with Crippen LogP contribution < -0.4 is 0 Å². The maximum atomic E-state index is 4.06. The Morgan fingerprint density at radius 3 is 3.00 bits per heavy atom. The van der Waals surface area contributed by atoms with Crippen molar-refractivity contribution >= 4 is 0 Å². The maximum Gasteiger partial charge on any atom is 0.178 e. The van der Waals surface area contributed by atoms with Gasteiger partial charge < -0.3 is 4.90 Å². The predicted molar refractivity (Wildman–Crippen MR) is 52.9 cm³/mol. The van der Waals surface area contributed by atoms with E-state index in [9.17, 15) is 0 Å². The van der Waals surface area contributed by atoms with Crippen molar-refractivity contribution in [2.24, 2.45) is 0 Å². The van der Waals surface area contributed by atoms with E-state index in [4.69, 9.17) is 0 Å². The van der Waals surface area contributed by atoms with Crippen molar-refractivity contribution in [3.05, 3.63) is 5.82 Å². The summed E-state index contributed by atoms with van der Waals surface area (Å²) in [5, 5.41) is 14.3. The van der Waals surface area contributed by atoms with Crippen LogP contribution in [-0.2, 0) is 0 Å². The highest BCUT2D eigenvalue weighted by atomic mass is 15.5. The first-order valence-electron chi connectivity index (χ1n) is 5.24. The van der Waals surface area contributed by atoms with Crippen LogP contribution in [0.3, 0.4) is 0 Å². The molecule has 14 heavy (non-hydrogen) atoms. The highest BCUT2D eigenvalue weighted by Crippen LogP contribution is 2.24. The smallest absolute Gasteiger partial charge is 0.178 e. The van der Waals surface area contributed by atoms with E-state index < -0.39 is 0 Å².